The molecule has 0 aliphatic heterocycles. The fourth-order valence-corrected chi connectivity index (χ4v) is 9.12. The maximum absolute atomic E-state index is 14.9. The summed E-state index contributed by atoms with van der Waals surface area (Å²) in [4.78, 5) is 5.22. The second kappa shape index (κ2) is 12.2. The molecule has 0 radical (unpaired) electrons. The molecule has 1 aromatic rings. The fraction of sp³-hybridized carbons (Fsp3) is 0.893. The van der Waals surface area contributed by atoms with Gasteiger partial charge < -0.3 is 14.0 Å². The molecule has 8 heteroatoms. The van der Waals surface area contributed by atoms with Gasteiger partial charge in [0.05, 0.1) is 23.3 Å². The number of hydrogen-bond donors (Lipinski definition) is 0. The molecule has 1 heterocycles. The molecule has 0 saturated heterocycles. The van der Waals surface area contributed by atoms with Crippen molar-refractivity contribution in [3.8, 4) is 0 Å². The van der Waals surface area contributed by atoms with Crippen molar-refractivity contribution in [1.82, 2.24) is 9.55 Å². The average Bonchev–Trinajstić information content (AvgIpc) is 3.27. The Kier molecular flexibility index (Phi) is 9.23. The second-order valence-electron chi connectivity index (χ2n) is 11.6. The Labute approximate surface area is 224 Å². The number of fused-ring (bicyclic) bond motifs is 1. The predicted octanol–water partition coefficient (Wildman–Crippen LogP) is 7.42. The third-order valence-corrected chi connectivity index (χ3v) is 11.1. The van der Waals surface area contributed by atoms with Crippen LogP contribution in [0.15, 0.2) is 5.16 Å². The van der Waals surface area contributed by atoms with E-state index in [0.717, 1.165) is 69.4 Å². The van der Waals surface area contributed by atoms with Crippen LogP contribution in [0.5, 0.6) is 0 Å². The molecule has 4 aliphatic carbocycles. The number of methoxy groups -OCH3 is 2. The summed E-state index contributed by atoms with van der Waals surface area (Å²) < 4.78 is 43.0. The number of alkyl halides is 3. The van der Waals surface area contributed by atoms with E-state index >= 15 is 0 Å². The lowest BCUT2D eigenvalue weighted by atomic mass is 9.72. The minimum Gasteiger partial charge on any atom is -0.381 e. The van der Waals surface area contributed by atoms with Gasteiger partial charge in [-0.15, -0.1) is 11.6 Å². The number of rotatable bonds is 7. The predicted molar refractivity (Wildman–Crippen MR) is 142 cm³/mol. The van der Waals surface area contributed by atoms with Crippen molar-refractivity contribution in [2.45, 2.75) is 131 Å². The summed E-state index contributed by atoms with van der Waals surface area (Å²) in [7, 11) is 3.49. The first-order chi connectivity index (χ1) is 17.5. The van der Waals surface area contributed by atoms with Gasteiger partial charge in [0.2, 0.25) is 0 Å². The molecule has 0 amide bonds. The van der Waals surface area contributed by atoms with Gasteiger partial charge in [0, 0.05) is 43.5 Å². The van der Waals surface area contributed by atoms with Crippen LogP contribution in [0.3, 0.4) is 0 Å². The molecule has 3 fully saturated rings. The monoisotopic (exact) mass is 544 g/mol. The molecule has 4 aliphatic rings. The van der Waals surface area contributed by atoms with Crippen molar-refractivity contribution < 1.29 is 18.3 Å². The highest BCUT2D eigenvalue weighted by atomic mass is 35.5. The van der Waals surface area contributed by atoms with Crippen molar-refractivity contribution in [3.05, 3.63) is 11.4 Å². The van der Waals surface area contributed by atoms with E-state index in [1.165, 1.54) is 11.4 Å². The van der Waals surface area contributed by atoms with Gasteiger partial charge in [-0.3, -0.25) is 0 Å². The summed E-state index contributed by atoms with van der Waals surface area (Å²) in [5.74, 6) is 1.55. The number of halogens is 3. The highest BCUT2D eigenvalue weighted by Crippen LogP contribution is 2.48. The Balaban J connectivity index is 1.44. The Morgan fingerprint density at radius 3 is 2.47 bits per heavy atom. The van der Waals surface area contributed by atoms with Crippen LogP contribution in [0.2, 0.25) is 0 Å². The first-order valence-electron chi connectivity index (χ1n) is 14.2. The number of aryl methyl sites for hydroxylation is 1. The van der Waals surface area contributed by atoms with E-state index in [1.807, 2.05) is 0 Å². The summed E-state index contributed by atoms with van der Waals surface area (Å²) in [6, 6.07) is 0.282. The van der Waals surface area contributed by atoms with Gasteiger partial charge >= 0.3 is 0 Å². The number of aromatic nitrogens is 2. The number of hydrogen-bond acceptors (Lipinski definition) is 4. The standard InChI is InChI=1S/C28H43ClF2N2O2S/c1-34-25-8-4-6-23(31)21(25)16-36-28-32-24-7-3-5-20(17-9-14-22(29)26(15-17)35-2)27(24)33(28)19-12-10-18(30)11-13-19/h17-23,25-26H,3-16H2,1-2H3. The first kappa shape index (κ1) is 27.2. The zero-order valence-corrected chi connectivity index (χ0v) is 23.4. The van der Waals surface area contributed by atoms with Crippen LogP contribution in [0.25, 0.3) is 0 Å². The van der Waals surface area contributed by atoms with Gasteiger partial charge in [-0.2, -0.15) is 0 Å². The molecule has 0 aromatic carbocycles. The minimum absolute atomic E-state index is 0.0225. The van der Waals surface area contributed by atoms with Gasteiger partial charge in [-0.25, -0.2) is 13.8 Å². The van der Waals surface area contributed by atoms with Gasteiger partial charge in [0.25, 0.3) is 0 Å². The smallest absolute Gasteiger partial charge is 0.168 e. The Morgan fingerprint density at radius 2 is 1.72 bits per heavy atom. The summed E-state index contributed by atoms with van der Waals surface area (Å²) in [6.45, 7) is 0. The van der Waals surface area contributed by atoms with E-state index < -0.39 is 12.3 Å². The third kappa shape index (κ3) is 5.65. The number of ether oxygens (including phenoxy) is 2. The van der Waals surface area contributed by atoms with Crippen molar-refractivity contribution in [1.29, 1.82) is 0 Å². The maximum Gasteiger partial charge on any atom is 0.168 e. The average molecular weight is 545 g/mol. The molecule has 7 unspecified atom stereocenters. The van der Waals surface area contributed by atoms with Gasteiger partial charge in [0.1, 0.15) is 12.3 Å². The molecular formula is C28H43ClF2N2O2S. The molecule has 204 valence electrons. The zero-order valence-electron chi connectivity index (χ0n) is 21.8. The van der Waals surface area contributed by atoms with Crippen LogP contribution < -0.4 is 0 Å². The zero-order chi connectivity index (χ0) is 25.2. The van der Waals surface area contributed by atoms with E-state index in [2.05, 4.69) is 4.57 Å². The Bertz CT molecular complexity index is 865. The van der Waals surface area contributed by atoms with Gasteiger partial charge in [-0.1, -0.05) is 11.8 Å². The summed E-state index contributed by atoms with van der Waals surface area (Å²) in [5, 5.41) is 1.11. The largest absolute Gasteiger partial charge is 0.381 e. The highest BCUT2D eigenvalue weighted by Gasteiger charge is 2.41. The molecule has 7 atom stereocenters. The van der Waals surface area contributed by atoms with E-state index in [-0.39, 0.29) is 29.5 Å². The fourth-order valence-electron chi connectivity index (χ4n) is 7.46. The van der Waals surface area contributed by atoms with Crippen LogP contribution in [0.1, 0.15) is 100 Å². The Morgan fingerprint density at radius 1 is 0.944 bits per heavy atom. The molecule has 0 N–H and O–H groups in total. The summed E-state index contributed by atoms with van der Waals surface area (Å²) in [5.41, 5.74) is 2.62. The topological polar surface area (TPSA) is 36.3 Å². The van der Waals surface area contributed by atoms with Crippen LogP contribution >= 0.6 is 23.4 Å². The summed E-state index contributed by atoms with van der Waals surface area (Å²) in [6.07, 6.45) is 10.4. The molecular weight excluding hydrogens is 502 g/mol. The minimum atomic E-state index is -0.819. The van der Waals surface area contributed by atoms with Crippen molar-refractivity contribution >= 4 is 23.4 Å². The van der Waals surface area contributed by atoms with E-state index in [9.17, 15) is 8.78 Å². The summed E-state index contributed by atoms with van der Waals surface area (Å²) >= 11 is 8.30. The van der Waals surface area contributed by atoms with Crippen LogP contribution in [0, 0.1) is 11.8 Å². The molecule has 3 saturated carbocycles. The lowest BCUT2D eigenvalue weighted by Gasteiger charge is -2.39. The molecule has 5 rings (SSSR count). The lowest BCUT2D eigenvalue weighted by Crippen LogP contribution is -2.37. The van der Waals surface area contributed by atoms with E-state index in [1.54, 1.807) is 26.0 Å². The normalized spacial score (nSPS) is 39.6. The second-order valence-corrected chi connectivity index (χ2v) is 13.1. The SMILES string of the molecule is COC1CC(C2CCCc3nc(SCC4C(F)CCCC4OC)n(C4CCC(F)CC4)c32)CCC1Cl. The molecule has 4 nitrogen and oxygen atoms in total. The van der Waals surface area contributed by atoms with Gasteiger partial charge in [-0.05, 0) is 89.4 Å². The molecule has 36 heavy (non-hydrogen) atoms. The number of thioether (sulfide) groups is 1. The Hall–Kier alpha value is -0.370. The van der Waals surface area contributed by atoms with Crippen LogP contribution in [-0.2, 0) is 15.9 Å². The quantitative estimate of drug-likeness (QED) is 0.264. The van der Waals surface area contributed by atoms with Gasteiger partial charge in [0.15, 0.2) is 5.16 Å². The maximum atomic E-state index is 14.9. The van der Waals surface area contributed by atoms with Crippen LogP contribution in [0.4, 0.5) is 8.78 Å². The molecule has 1 aromatic heterocycles. The highest BCUT2D eigenvalue weighted by molar-refractivity contribution is 7.99. The van der Waals surface area contributed by atoms with Crippen molar-refractivity contribution in [3.63, 3.8) is 0 Å². The number of nitrogens with zero attached hydrogens (tertiary/aromatic N) is 2. The van der Waals surface area contributed by atoms with Crippen molar-refractivity contribution in [2.24, 2.45) is 11.8 Å². The number of imidazole rings is 1. The molecule has 0 spiro atoms. The lowest BCUT2D eigenvalue weighted by molar-refractivity contribution is -0.00524. The van der Waals surface area contributed by atoms with E-state index in [4.69, 9.17) is 26.1 Å². The molecule has 0 bridgehead atoms. The van der Waals surface area contributed by atoms with Crippen molar-refractivity contribution in [2.75, 3.05) is 20.0 Å². The third-order valence-electron chi connectivity index (χ3n) is 9.50. The van der Waals surface area contributed by atoms with E-state index in [0.29, 0.717) is 36.9 Å². The van der Waals surface area contributed by atoms with Crippen LogP contribution in [-0.4, -0.2) is 59.5 Å². The first-order valence-corrected chi connectivity index (χ1v) is 15.6.